The van der Waals surface area contributed by atoms with E-state index in [1.165, 1.54) is 6.20 Å². The fourth-order valence-electron chi connectivity index (χ4n) is 2.32. The Kier molecular flexibility index (Phi) is 2.36. The Hall–Kier alpha value is -2.74. The highest BCUT2D eigenvalue weighted by Gasteiger charge is 2.17. The van der Waals surface area contributed by atoms with Crippen molar-refractivity contribution < 1.29 is 9.90 Å². The number of carboxylic acid groups (broad SMARTS) is 1. The zero-order valence-corrected chi connectivity index (χ0v) is 11.7. The molecule has 0 aliphatic carbocycles. The van der Waals surface area contributed by atoms with Crippen LogP contribution in [0.1, 0.15) is 10.4 Å². The second-order valence-electron chi connectivity index (χ2n) is 4.57. The van der Waals surface area contributed by atoms with E-state index in [-0.39, 0.29) is 5.56 Å². The number of nitrogens with one attached hydrogen (secondary N) is 1. The van der Waals surface area contributed by atoms with Crippen LogP contribution in [-0.4, -0.2) is 35.8 Å². The van der Waals surface area contributed by atoms with Crippen LogP contribution in [0.2, 0.25) is 0 Å². The molecule has 104 valence electrons. The largest absolute Gasteiger partial charge is 0.478 e. The maximum Gasteiger partial charge on any atom is 0.339 e. The van der Waals surface area contributed by atoms with E-state index < -0.39 is 5.97 Å². The van der Waals surface area contributed by atoms with E-state index in [1.54, 1.807) is 22.2 Å². The number of aromatic amines is 1. The van der Waals surface area contributed by atoms with Crippen molar-refractivity contribution in [3.05, 3.63) is 29.4 Å². The summed E-state index contributed by atoms with van der Waals surface area (Å²) in [6, 6.07) is 1.99. The van der Waals surface area contributed by atoms with Crippen LogP contribution >= 0.6 is 11.3 Å². The van der Waals surface area contributed by atoms with Gasteiger partial charge in [-0.3, -0.25) is 4.68 Å². The van der Waals surface area contributed by atoms with Gasteiger partial charge in [-0.15, -0.1) is 11.3 Å². The van der Waals surface area contributed by atoms with Crippen molar-refractivity contribution in [2.75, 3.05) is 0 Å². The number of fused-ring (bicyclic) bond motifs is 2. The first-order valence-corrected chi connectivity index (χ1v) is 7.01. The van der Waals surface area contributed by atoms with Gasteiger partial charge in [0.05, 0.1) is 16.4 Å². The Bertz CT molecular complexity index is 997. The molecular formula is C13H9N5O2S. The third-order valence-electron chi connectivity index (χ3n) is 3.31. The van der Waals surface area contributed by atoms with Crippen molar-refractivity contribution >= 4 is 38.7 Å². The van der Waals surface area contributed by atoms with Crippen LogP contribution in [0.3, 0.4) is 0 Å². The summed E-state index contributed by atoms with van der Waals surface area (Å²) >= 11 is 1.57. The highest BCUT2D eigenvalue weighted by atomic mass is 32.1. The lowest BCUT2D eigenvalue weighted by Crippen LogP contribution is -1.97. The first-order valence-electron chi connectivity index (χ1n) is 6.13. The van der Waals surface area contributed by atoms with Crippen LogP contribution in [0.15, 0.2) is 23.8 Å². The maximum atomic E-state index is 11.2. The molecule has 4 rings (SSSR count). The average Bonchev–Trinajstić information content (AvgIpc) is 3.14. The van der Waals surface area contributed by atoms with Gasteiger partial charge in [-0.2, -0.15) is 5.10 Å². The Morgan fingerprint density at radius 1 is 1.48 bits per heavy atom. The van der Waals surface area contributed by atoms with Gasteiger partial charge in [0.2, 0.25) is 0 Å². The first kappa shape index (κ1) is 12.0. The van der Waals surface area contributed by atoms with E-state index >= 15 is 0 Å². The Labute approximate surface area is 121 Å². The van der Waals surface area contributed by atoms with Gasteiger partial charge in [0.25, 0.3) is 0 Å². The monoisotopic (exact) mass is 299 g/mol. The molecule has 4 heterocycles. The van der Waals surface area contributed by atoms with Gasteiger partial charge >= 0.3 is 5.97 Å². The van der Waals surface area contributed by atoms with Crippen molar-refractivity contribution in [3.63, 3.8) is 0 Å². The van der Waals surface area contributed by atoms with Crippen molar-refractivity contribution in [2.24, 2.45) is 7.05 Å². The van der Waals surface area contributed by atoms with Gasteiger partial charge in [0.15, 0.2) is 5.65 Å². The van der Waals surface area contributed by atoms with Crippen molar-refractivity contribution in [3.8, 4) is 11.4 Å². The van der Waals surface area contributed by atoms with E-state index in [1.807, 2.05) is 18.5 Å². The minimum Gasteiger partial charge on any atom is -0.478 e. The number of aromatic nitrogens is 5. The zero-order chi connectivity index (χ0) is 14.6. The summed E-state index contributed by atoms with van der Waals surface area (Å²) in [5, 5.41) is 15.6. The summed E-state index contributed by atoms with van der Waals surface area (Å²) in [4.78, 5) is 22.7. The number of aromatic carboxylic acids is 1. The maximum absolute atomic E-state index is 11.2. The average molecular weight is 299 g/mol. The topological polar surface area (TPSA) is 96.7 Å². The van der Waals surface area contributed by atoms with Crippen LogP contribution in [0.4, 0.5) is 0 Å². The van der Waals surface area contributed by atoms with E-state index in [0.717, 1.165) is 15.9 Å². The number of carboxylic acids is 1. The predicted molar refractivity (Wildman–Crippen MR) is 78.4 cm³/mol. The molecule has 7 nitrogen and oxygen atoms in total. The number of aryl methyl sites for hydroxylation is 1. The molecule has 0 fully saturated rings. The quantitative estimate of drug-likeness (QED) is 0.592. The van der Waals surface area contributed by atoms with Crippen LogP contribution in [0.5, 0.6) is 0 Å². The van der Waals surface area contributed by atoms with E-state index in [2.05, 4.69) is 20.1 Å². The highest BCUT2D eigenvalue weighted by molar-refractivity contribution is 7.17. The molecule has 0 aliphatic heterocycles. The van der Waals surface area contributed by atoms with Crippen molar-refractivity contribution in [1.82, 2.24) is 24.7 Å². The highest BCUT2D eigenvalue weighted by Crippen LogP contribution is 2.31. The van der Waals surface area contributed by atoms with Gasteiger partial charge in [-0.25, -0.2) is 14.8 Å². The summed E-state index contributed by atoms with van der Waals surface area (Å²) in [5.41, 5.74) is 3.21. The molecule has 21 heavy (non-hydrogen) atoms. The molecular weight excluding hydrogens is 290 g/mol. The fraction of sp³-hybridized carbons (Fsp3) is 0.0769. The molecule has 0 aliphatic rings. The SMILES string of the molecule is Cn1nc(-c2cnc3[nH]cc(C(=O)O)c3n2)c2sccc21. The van der Waals surface area contributed by atoms with Gasteiger partial charge in [0, 0.05) is 13.2 Å². The second kappa shape index (κ2) is 4.13. The molecule has 0 atom stereocenters. The Morgan fingerprint density at radius 3 is 3.14 bits per heavy atom. The molecule has 0 bridgehead atoms. The minimum absolute atomic E-state index is 0.109. The summed E-state index contributed by atoms with van der Waals surface area (Å²) in [6.45, 7) is 0. The molecule has 0 amide bonds. The molecule has 0 radical (unpaired) electrons. The number of H-pyrrole nitrogens is 1. The van der Waals surface area contributed by atoms with Gasteiger partial charge in [0.1, 0.15) is 22.5 Å². The number of hydrogen-bond donors (Lipinski definition) is 2. The molecule has 0 unspecified atom stereocenters. The predicted octanol–water partition coefficient (Wildman–Crippen LogP) is 2.27. The standard InChI is InChI=1S/C13H9N5O2S/c1-18-8-2-3-21-11(8)10(17-18)7-5-15-12-9(16-7)6(4-14-12)13(19)20/h2-5H,1H3,(H,14,15)(H,19,20). The lowest BCUT2D eigenvalue weighted by atomic mass is 10.2. The van der Waals surface area contributed by atoms with Gasteiger partial charge < -0.3 is 10.1 Å². The van der Waals surface area contributed by atoms with Gasteiger partial charge in [-0.05, 0) is 11.4 Å². The van der Waals surface area contributed by atoms with E-state index in [0.29, 0.717) is 16.9 Å². The summed E-state index contributed by atoms with van der Waals surface area (Å²) in [5.74, 6) is -1.03. The smallest absolute Gasteiger partial charge is 0.339 e. The van der Waals surface area contributed by atoms with E-state index in [4.69, 9.17) is 0 Å². The normalized spacial score (nSPS) is 11.5. The number of hydrogen-bond acceptors (Lipinski definition) is 5. The molecule has 0 spiro atoms. The van der Waals surface area contributed by atoms with Crippen molar-refractivity contribution in [1.29, 1.82) is 0 Å². The molecule has 2 N–H and O–H groups in total. The molecule has 4 aromatic heterocycles. The molecule has 0 saturated heterocycles. The van der Waals surface area contributed by atoms with Crippen LogP contribution in [0.25, 0.3) is 32.8 Å². The first-order chi connectivity index (χ1) is 10.1. The zero-order valence-electron chi connectivity index (χ0n) is 10.9. The molecule has 4 aromatic rings. The fourth-order valence-corrected chi connectivity index (χ4v) is 3.23. The van der Waals surface area contributed by atoms with Gasteiger partial charge in [-0.1, -0.05) is 0 Å². The lowest BCUT2D eigenvalue weighted by molar-refractivity contribution is 0.0699. The molecule has 0 saturated carbocycles. The van der Waals surface area contributed by atoms with Crippen molar-refractivity contribution in [2.45, 2.75) is 0 Å². The van der Waals surface area contributed by atoms with Crippen LogP contribution in [-0.2, 0) is 7.05 Å². The third kappa shape index (κ3) is 1.66. The Morgan fingerprint density at radius 2 is 2.33 bits per heavy atom. The van der Waals surface area contributed by atoms with Crippen LogP contribution < -0.4 is 0 Å². The third-order valence-corrected chi connectivity index (χ3v) is 4.22. The lowest BCUT2D eigenvalue weighted by Gasteiger charge is -1.97. The minimum atomic E-state index is -1.03. The molecule has 8 heteroatoms. The Balaban J connectivity index is 2.00. The second-order valence-corrected chi connectivity index (χ2v) is 5.48. The summed E-state index contributed by atoms with van der Waals surface area (Å²) in [6.07, 6.45) is 3.00. The van der Waals surface area contributed by atoms with E-state index in [9.17, 15) is 9.90 Å². The number of carbonyl (C=O) groups is 1. The number of nitrogens with zero attached hydrogens (tertiary/aromatic N) is 4. The summed E-state index contributed by atoms with van der Waals surface area (Å²) in [7, 11) is 1.86. The number of rotatable bonds is 2. The number of thiophene rings is 1. The molecule has 0 aromatic carbocycles. The van der Waals surface area contributed by atoms with Crippen LogP contribution in [0, 0.1) is 0 Å². The summed E-state index contributed by atoms with van der Waals surface area (Å²) < 4.78 is 2.79.